The number of nitrogens with zero attached hydrogens (tertiary/aromatic N) is 3. The molecule has 3 N–H and O–H groups in total. The number of hydrogen-bond acceptors (Lipinski definition) is 2. The second kappa shape index (κ2) is 8.68. The summed E-state index contributed by atoms with van der Waals surface area (Å²) in [6.07, 6.45) is 3.46. The van der Waals surface area contributed by atoms with Gasteiger partial charge in [-0.3, -0.25) is 0 Å². The molecule has 0 bridgehead atoms. The SMILES string of the molecule is C=CC.CC(N)=NC(=Nc1ccc(C)cc1C)c1cnc(C)[nH]1. The lowest BCUT2D eigenvalue weighted by Gasteiger charge is -2.04. The average Bonchev–Trinajstić information content (AvgIpc) is 2.88. The minimum Gasteiger partial charge on any atom is -0.387 e. The van der Waals surface area contributed by atoms with Gasteiger partial charge in [-0.15, -0.1) is 6.58 Å². The van der Waals surface area contributed by atoms with E-state index in [4.69, 9.17) is 5.73 Å². The van der Waals surface area contributed by atoms with Crippen molar-refractivity contribution >= 4 is 17.4 Å². The number of aryl methyl sites for hydroxylation is 3. The highest BCUT2D eigenvalue weighted by molar-refractivity contribution is 6.05. The van der Waals surface area contributed by atoms with Gasteiger partial charge in [0.25, 0.3) is 0 Å². The van der Waals surface area contributed by atoms with Crippen molar-refractivity contribution < 1.29 is 0 Å². The summed E-state index contributed by atoms with van der Waals surface area (Å²) in [6.45, 7) is 13.0. The number of amidine groups is 2. The largest absolute Gasteiger partial charge is 0.387 e. The number of allylic oxidation sites excluding steroid dienone is 1. The number of rotatable bonds is 2. The number of aromatic nitrogens is 2. The Bertz CT molecular complexity index is 719. The highest BCUT2D eigenvalue weighted by atomic mass is 15.0. The minimum atomic E-state index is 0.459. The molecule has 2 aromatic rings. The Morgan fingerprint density at radius 3 is 2.43 bits per heavy atom. The van der Waals surface area contributed by atoms with E-state index in [0.29, 0.717) is 11.7 Å². The predicted molar refractivity (Wildman–Crippen MR) is 98.6 cm³/mol. The number of aliphatic imine (C=N–C) groups is 2. The molecule has 0 fully saturated rings. The standard InChI is InChI=1S/C15H19N5.C3H6/c1-9-5-6-13(10(2)7-9)20-15(18-11(3)16)14-8-17-12(4)19-14;1-3-2/h5-8H,1-4H3,(H,17,19)(H2,16,18,20);3H,1H2,2H3. The fourth-order valence-corrected chi connectivity index (χ4v) is 1.89. The van der Waals surface area contributed by atoms with E-state index in [9.17, 15) is 0 Å². The van der Waals surface area contributed by atoms with Crippen molar-refractivity contribution in [3.8, 4) is 0 Å². The number of aromatic amines is 1. The molecule has 23 heavy (non-hydrogen) atoms. The van der Waals surface area contributed by atoms with Crippen molar-refractivity contribution in [2.75, 3.05) is 0 Å². The minimum absolute atomic E-state index is 0.459. The van der Waals surface area contributed by atoms with Crippen LogP contribution in [0.3, 0.4) is 0 Å². The van der Waals surface area contributed by atoms with Gasteiger partial charge in [0.1, 0.15) is 11.5 Å². The van der Waals surface area contributed by atoms with Gasteiger partial charge in [0, 0.05) is 0 Å². The second-order valence-corrected chi connectivity index (χ2v) is 5.27. The predicted octanol–water partition coefficient (Wildman–Crippen LogP) is 3.98. The molecule has 122 valence electrons. The maximum absolute atomic E-state index is 5.69. The molecule has 0 aliphatic rings. The Morgan fingerprint density at radius 1 is 1.30 bits per heavy atom. The third-order valence-corrected chi connectivity index (χ3v) is 2.80. The van der Waals surface area contributed by atoms with E-state index in [1.54, 1.807) is 19.2 Å². The first-order valence-corrected chi connectivity index (χ1v) is 7.43. The molecule has 0 aliphatic heterocycles. The monoisotopic (exact) mass is 311 g/mol. The fourth-order valence-electron chi connectivity index (χ4n) is 1.89. The Morgan fingerprint density at radius 2 is 1.96 bits per heavy atom. The highest BCUT2D eigenvalue weighted by Crippen LogP contribution is 2.21. The lowest BCUT2D eigenvalue weighted by atomic mass is 10.1. The quantitative estimate of drug-likeness (QED) is 0.500. The molecule has 1 aromatic heterocycles. The van der Waals surface area contributed by atoms with E-state index in [1.165, 1.54) is 5.56 Å². The number of nitrogens with two attached hydrogens (primary N) is 1. The van der Waals surface area contributed by atoms with E-state index >= 15 is 0 Å². The molecule has 0 spiro atoms. The molecule has 0 saturated heterocycles. The van der Waals surface area contributed by atoms with Crippen LogP contribution in [0.1, 0.15) is 36.5 Å². The van der Waals surface area contributed by atoms with Crippen LogP contribution >= 0.6 is 0 Å². The number of H-pyrrole nitrogens is 1. The summed E-state index contributed by atoms with van der Waals surface area (Å²) >= 11 is 0. The van der Waals surface area contributed by atoms with E-state index in [1.807, 2.05) is 32.9 Å². The molecule has 5 nitrogen and oxygen atoms in total. The van der Waals surface area contributed by atoms with Crippen molar-refractivity contribution in [2.45, 2.75) is 34.6 Å². The van der Waals surface area contributed by atoms with Gasteiger partial charge in [-0.2, -0.15) is 0 Å². The maximum atomic E-state index is 5.69. The Kier molecular flexibility index (Phi) is 6.93. The summed E-state index contributed by atoms with van der Waals surface area (Å²) in [7, 11) is 0. The van der Waals surface area contributed by atoms with Crippen molar-refractivity contribution in [3.63, 3.8) is 0 Å². The number of imidazole rings is 1. The third kappa shape index (κ3) is 5.90. The molecule has 0 radical (unpaired) electrons. The number of benzene rings is 1. The molecule has 0 aliphatic carbocycles. The molecular formula is C18H25N5. The van der Waals surface area contributed by atoms with E-state index in [0.717, 1.165) is 22.8 Å². The van der Waals surface area contributed by atoms with Crippen LogP contribution in [0, 0.1) is 20.8 Å². The summed E-state index contributed by atoms with van der Waals surface area (Å²) in [5.41, 5.74) is 9.63. The topological polar surface area (TPSA) is 79.4 Å². The number of hydrogen-bond donors (Lipinski definition) is 2. The molecular weight excluding hydrogens is 286 g/mol. The van der Waals surface area contributed by atoms with Crippen LogP contribution in [-0.4, -0.2) is 21.6 Å². The van der Waals surface area contributed by atoms with Gasteiger partial charge in [-0.1, -0.05) is 23.8 Å². The third-order valence-electron chi connectivity index (χ3n) is 2.80. The summed E-state index contributed by atoms with van der Waals surface area (Å²) in [5, 5.41) is 0. The van der Waals surface area contributed by atoms with Crippen molar-refractivity contribution in [3.05, 3.63) is 59.7 Å². The lowest BCUT2D eigenvalue weighted by molar-refractivity contribution is 1.14. The Labute approximate surface area is 138 Å². The van der Waals surface area contributed by atoms with Gasteiger partial charge < -0.3 is 10.7 Å². The second-order valence-electron chi connectivity index (χ2n) is 5.27. The lowest BCUT2D eigenvalue weighted by Crippen LogP contribution is -2.10. The molecule has 1 aromatic carbocycles. The molecule has 0 amide bonds. The zero-order chi connectivity index (χ0) is 17.4. The van der Waals surface area contributed by atoms with Crippen LogP contribution in [0.15, 0.2) is 47.0 Å². The van der Waals surface area contributed by atoms with Crippen molar-refractivity contribution in [2.24, 2.45) is 15.7 Å². The van der Waals surface area contributed by atoms with Crippen LogP contribution in [0.5, 0.6) is 0 Å². The zero-order valence-corrected chi connectivity index (χ0v) is 14.5. The average molecular weight is 311 g/mol. The van der Waals surface area contributed by atoms with Crippen LogP contribution in [-0.2, 0) is 0 Å². The van der Waals surface area contributed by atoms with Crippen LogP contribution in [0.4, 0.5) is 5.69 Å². The first-order valence-electron chi connectivity index (χ1n) is 7.43. The summed E-state index contributed by atoms with van der Waals surface area (Å²) in [6, 6.07) is 6.10. The maximum Gasteiger partial charge on any atom is 0.179 e. The molecule has 5 heteroatoms. The van der Waals surface area contributed by atoms with Gasteiger partial charge in [0.15, 0.2) is 5.84 Å². The van der Waals surface area contributed by atoms with Crippen LogP contribution in [0.2, 0.25) is 0 Å². The summed E-state index contributed by atoms with van der Waals surface area (Å²) in [5.74, 6) is 1.82. The molecule has 1 heterocycles. The van der Waals surface area contributed by atoms with Gasteiger partial charge in [-0.05, 0) is 46.2 Å². The number of nitrogens with one attached hydrogen (secondary N) is 1. The normalized spacial score (nSPS) is 11.7. The van der Waals surface area contributed by atoms with E-state index < -0.39 is 0 Å². The van der Waals surface area contributed by atoms with Gasteiger partial charge in [0.2, 0.25) is 0 Å². The Balaban J connectivity index is 0.000000816. The fraction of sp³-hybridized carbons (Fsp3) is 0.278. The van der Waals surface area contributed by atoms with Gasteiger partial charge in [0.05, 0.1) is 17.7 Å². The van der Waals surface area contributed by atoms with E-state index in [-0.39, 0.29) is 0 Å². The molecule has 0 atom stereocenters. The van der Waals surface area contributed by atoms with E-state index in [2.05, 4.69) is 39.5 Å². The molecule has 2 rings (SSSR count). The molecule has 0 unspecified atom stereocenters. The first-order chi connectivity index (χ1) is 10.9. The first kappa shape index (κ1) is 18.4. The van der Waals surface area contributed by atoms with Crippen molar-refractivity contribution in [1.82, 2.24) is 9.97 Å². The smallest absolute Gasteiger partial charge is 0.179 e. The summed E-state index contributed by atoms with van der Waals surface area (Å²) in [4.78, 5) is 16.2. The van der Waals surface area contributed by atoms with Gasteiger partial charge in [-0.25, -0.2) is 15.0 Å². The molecule has 0 saturated carbocycles. The zero-order valence-electron chi connectivity index (χ0n) is 14.5. The highest BCUT2D eigenvalue weighted by Gasteiger charge is 2.07. The van der Waals surface area contributed by atoms with Gasteiger partial charge >= 0.3 is 0 Å². The van der Waals surface area contributed by atoms with Crippen LogP contribution < -0.4 is 5.73 Å². The Hall–Kier alpha value is -2.69. The van der Waals surface area contributed by atoms with Crippen LogP contribution in [0.25, 0.3) is 0 Å². The van der Waals surface area contributed by atoms with Crippen molar-refractivity contribution in [1.29, 1.82) is 0 Å². The summed E-state index contributed by atoms with van der Waals surface area (Å²) < 4.78 is 0.